The summed E-state index contributed by atoms with van der Waals surface area (Å²) in [5.74, 6) is 0. The first-order chi connectivity index (χ1) is 8.30. The summed E-state index contributed by atoms with van der Waals surface area (Å²) >= 11 is 5.72. The number of hydrogen-bond donors (Lipinski definition) is 0. The van der Waals surface area contributed by atoms with Crippen LogP contribution in [0.4, 0.5) is 0 Å². The van der Waals surface area contributed by atoms with Crippen molar-refractivity contribution in [3.8, 4) is 11.4 Å². The van der Waals surface area contributed by atoms with E-state index in [0.717, 1.165) is 10.2 Å². The van der Waals surface area contributed by atoms with E-state index < -0.39 is 6.98 Å². The zero-order valence-electron chi connectivity index (χ0n) is 11.3. The van der Waals surface area contributed by atoms with E-state index in [1.165, 1.54) is 6.20 Å². The van der Waals surface area contributed by atoms with Crippen molar-refractivity contribution in [2.24, 2.45) is 6.98 Å². The van der Waals surface area contributed by atoms with E-state index in [-0.39, 0.29) is 5.28 Å². The van der Waals surface area contributed by atoms with Gasteiger partial charge in [-0.25, -0.2) is 9.97 Å². The Hall–Kier alpha value is -1.42. The van der Waals surface area contributed by atoms with Gasteiger partial charge in [0.05, 0.1) is 5.69 Å². The maximum Gasteiger partial charge on any atom is 0.222 e. The summed E-state index contributed by atoms with van der Waals surface area (Å²) in [5.41, 5.74) is 2.37. The number of aromatic nitrogens is 4. The lowest BCUT2D eigenvalue weighted by Gasteiger charge is -1.97. The normalized spacial score (nSPS) is 14.5. The molecule has 0 aromatic carbocycles. The lowest BCUT2D eigenvalue weighted by atomic mass is 10.2. The molecule has 5 heteroatoms. The second-order valence-corrected chi connectivity index (χ2v) is 3.52. The average molecular weight is 226 g/mol. The molecule has 0 aliphatic carbocycles. The molecule has 0 spiro atoms. The third-order valence-corrected chi connectivity index (χ3v) is 2.47. The van der Waals surface area contributed by atoms with Crippen molar-refractivity contribution < 1.29 is 4.11 Å². The molecule has 0 aliphatic heterocycles. The average Bonchev–Trinajstić information content (AvgIpc) is 2.55. The highest BCUT2D eigenvalue weighted by molar-refractivity contribution is 6.28. The Bertz CT molecular complexity index is 591. The molecular weight excluding hydrogens is 212 g/mol. The van der Waals surface area contributed by atoms with Crippen LogP contribution in [0.15, 0.2) is 12.3 Å². The van der Waals surface area contributed by atoms with E-state index >= 15 is 0 Å². The van der Waals surface area contributed by atoms with Crippen LogP contribution in [0, 0.1) is 13.8 Å². The minimum atomic E-state index is -2.30. The predicted molar refractivity (Wildman–Crippen MR) is 58.7 cm³/mol. The number of aryl methyl sites for hydroxylation is 1. The summed E-state index contributed by atoms with van der Waals surface area (Å²) in [7, 11) is 0. The lowest BCUT2D eigenvalue weighted by molar-refractivity contribution is 0.740. The minimum absolute atomic E-state index is 0.105. The van der Waals surface area contributed by atoms with Crippen molar-refractivity contribution in [2.75, 3.05) is 0 Å². The van der Waals surface area contributed by atoms with Gasteiger partial charge in [0.1, 0.15) is 5.69 Å². The first kappa shape index (κ1) is 6.95. The topological polar surface area (TPSA) is 43.6 Å². The molecule has 78 valence electrons. The fourth-order valence-electron chi connectivity index (χ4n) is 1.29. The van der Waals surface area contributed by atoms with Crippen LogP contribution in [0.3, 0.4) is 0 Å². The Labute approximate surface area is 97.1 Å². The number of halogens is 1. The summed E-state index contributed by atoms with van der Waals surface area (Å²) in [6.07, 6.45) is 1.51. The Morgan fingerprint density at radius 3 is 2.87 bits per heavy atom. The van der Waals surface area contributed by atoms with Crippen LogP contribution in [0.1, 0.15) is 15.4 Å². The van der Waals surface area contributed by atoms with Crippen molar-refractivity contribution in [2.45, 2.75) is 13.8 Å². The van der Waals surface area contributed by atoms with Crippen LogP contribution in [0.5, 0.6) is 0 Å². The van der Waals surface area contributed by atoms with Crippen LogP contribution in [-0.2, 0) is 6.98 Å². The molecular formula is C10H11ClN4. The van der Waals surface area contributed by atoms with Gasteiger partial charge in [0.25, 0.3) is 0 Å². The first-order valence-electron chi connectivity index (χ1n) is 5.86. The molecule has 0 N–H and O–H groups in total. The standard InChI is InChI=1S/C10H11ClN4/c1-6-7(2)15(3)14-9(6)8-4-5-12-10(11)13-8/h4-5H,1-3H3/i3D3. The summed E-state index contributed by atoms with van der Waals surface area (Å²) in [4.78, 5) is 7.82. The van der Waals surface area contributed by atoms with Crippen molar-refractivity contribution in [3.63, 3.8) is 0 Å². The van der Waals surface area contributed by atoms with Gasteiger partial charge in [-0.05, 0) is 37.1 Å². The van der Waals surface area contributed by atoms with Gasteiger partial charge in [0.2, 0.25) is 5.28 Å². The molecule has 0 aliphatic rings. The van der Waals surface area contributed by atoms with Crippen LogP contribution >= 0.6 is 11.6 Å². The molecule has 0 radical (unpaired) electrons. The van der Waals surface area contributed by atoms with Crippen molar-refractivity contribution in [1.29, 1.82) is 0 Å². The van der Waals surface area contributed by atoms with E-state index in [9.17, 15) is 0 Å². The maximum absolute atomic E-state index is 7.40. The summed E-state index contributed by atoms with van der Waals surface area (Å²) in [6, 6.07) is 1.64. The maximum atomic E-state index is 7.40. The highest BCUT2D eigenvalue weighted by Gasteiger charge is 2.11. The van der Waals surface area contributed by atoms with Gasteiger partial charge in [-0.3, -0.25) is 4.68 Å². The zero-order chi connectivity index (χ0) is 13.5. The molecule has 2 heterocycles. The van der Waals surface area contributed by atoms with Gasteiger partial charge in [-0.15, -0.1) is 0 Å². The van der Waals surface area contributed by atoms with Crippen LogP contribution in [0.25, 0.3) is 11.4 Å². The van der Waals surface area contributed by atoms with Gasteiger partial charge < -0.3 is 0 Å². The Balaban J connectivity index is 2.60. The smallest absolute Gasteiger partial charge is 0.222 e. The molecule has 4 nitrogen and oxygen atoms in total. The molecule has 0 atom stereocenters. The minimum Gasteiger partial charge on any atom is -0.272 e. The number of hydrogen-bond acceptors (Lipinski definition) is 3. The Kier molecular flexibility index (Phi) is 1.68. The van der Waals surface area contributed by atoms with Gasteiger partial charge in [0, 0.05) is 23.0 Å². The van der Waals surface area contributed by atoms with Gasteiger partial charge in [0.15, 0.2) is 0 Å². The molecule has 0 bridgehead atoms. The summed E-state index contributed by atoms with van der Waals surface area (Å²) < 4.78 is 23.2. The fraction of sp³-hybridized carbons (Fsp3) is 0.300. The van der Waals surface area contributed by atoms with E-state index in [1.54, 1.807) is 19.9 Å². The Morgan fingerprint density at radius 1 is 1.47 bits per heavy atom. The largest absolute Gasteiger partial charge is 0.272 e. The molecule has 0 saturated carbocycles. The molecule has 0 amide bonds. The monoisotopic (exact) mass is 225 g/mol. The molecule has 0 unspecified atom stereocenters. The van der Waals surface area contributed by atoms with Crippen LogP contribution in [-0.4, -0.2) is 19.7 Å². The van der Waals surface area contributed by atoms with Crippen LogP contribution in [0.2, 0.25) is 5.28 Å². The van der Waals surface area contributed by atoms with E-state index in [4.69, 9.17) is 15.7 Å². The van der Waals surface area contributed by atoms with Crippen molar-refractivity contribution in [3.05, 3.63) is 28.8 Å². The second-order valence-electron chi connectivity index (χ2n) is 3.18. The fourth-order valence-corrected chi connectivity index (χ4v) is 1.44. The summed E-state index contributed by atoms with van der Waals surface area (Å²) in [5, 5.41) is 4.20. The van der Waals surface area contributed by atoms with Crippen LogP contribution < -0.4 is 0 Å². The molecule has 15 heavy (non-hydrogen) atoms. The van der Waals surface area contributed by atoms with E-state index in [0.29, 0.717) is 17.1 Å². The highest BCUT2D eigenvalue weighted by atomic mass is 35.5. The third-order valence-electron chi connectivity index (χ3n) is 2.28. The number of nitrogens with zero attached hydrogens (tertiary/aromatic N) is 4. The molecule has 2 aromatic rings. The van der Waals surface area contributed by atoms with E-state index in [2.05, 4.69) is 15.1 Å². The third kappa shape index (κ3) is 1.72. The zero-order valence-corrected chi connectivity index (χ0v) is 9.08. The van der Waals surface area contributed by atoms with Gasteiger partial charge in [-0.1, -0.05) is 0 Å². The highest BCUT2D eigenvalue weighted by Crippen LogP contribution is 2.22. The van der Waals surface area contributed by atoms with Crippen molar-refractivity contribution >= 4 is 11.6 Å². The van der Waals surface area contributed by atoms with Crippen molar-refractivity contribution in [1.82, 2.24) is 19.7 Å². The first-order valence-corrected chi connectivity index (χ1v) is 4.74. The SMILES string of the molecule is [2H]C([2H])([2H])n1nc(-c2ccnc(Cl)n2)c(C)c1C. The van der Waals surface area contributed by atoms with Gasteiger partial charge in [-0.2, -0.15) is 5.10 Å². The predicted octanol–water partition coefficient (Wildman–Crippen LogP) is 2.15. The second kappa shape index (κ2) is 3.62. The van der Waals surface area contributed by atoms with Gasteiger partial charge >= 0.3 is 0 Å². The molecule has 0 saturated heterocycles. The quantitative estimate of drug-likeness (QED) is 0.699. The molecule has 2 aromatic heterocycles. The molecule has 0 fully saturated rings. The van der Waals surface area contributed by atoms with E-state index in [1.807, 2.05) is 0 Å². The lowest BCUT2D eigenvalue weighted by Crippen LogP contribution is -1.93. The molecule has 2 rings (SSSR count). The summed E-state index contributed by atoms with van der Waals surface area (Å²) in [6.45, 7) is 1.21. The number of rotatable bonds is 1. The Morgan fingerprint density at radius 2 is 2.27 bits per heavy atom.